The third kappa shape index (κ3) is 2.49. The van der Waals surface area contributed by atoms with Crippen molar-refractivity contribution < 1.29 is 5.11 Å². The Kier molecular flexibility index (Phi) is 3.38. The molecular formula is C9H4Cl2N3OS-. The predicted octanol–water partition coefficient (Wildman–Crippen LogP) is 3.94. The van der Waals surface area contributed by atoms with E-state index in [1.165, 1.54) is 23.5 Å². The van der Waals surface area contributed by atoms with Gasteiger partial charge < -0.3 is 5.11 Å². The van der Waals surface area contributed by atoms with Crippen LogP contribution < -0.4 is 5.11 Å². The lowest BCUT2D eigenvalue weighted by Crippen LogP contribution is -1.91. The second-order valence-electron chi connectivity index (χ2n) is 2.75. The summed E-state index contributed by atoms with van der Waals surface area (Å²) in [6.07, 6.45) is 1.62. The van der Waals surface area contributed by atoms with Crippen molar-refractivity contribution in [3.8, 4) is 5.75 Å². The molecule has 82 valence electrons. The summed E-state index contributed by atoms with van der Waals surface area (Å²) >= 11 is 12.7. The monoisotopic (exact) mass is 272 g/mol. The van der Waals surface area contributed by atoms with Gasteiger partial charge in [-0.3, -0.25) is 0 Å². The highest BCUT2D eigenvalue weighted by Gasteiger charge is 2.00. The third-order valence-electron chi connectivity index (χ3n) is 1.65. The average molecular weight is 273 g/mol. The van der Waals surface area contributed by atoms with E-state index in [0.29, 0.717) is 10.8 Å². The van der Waals surface area contributed by atoms with Crippen molar-refractivity contribution in [3.63, 3.8) is 0 Å². The summed E-state index contributed by atoms with van der Waals surface area (Å²) < 4.78 is 0. The van der Waals surface area contributed by atoms with Crippen LogP contribution >= 0.6 is 34.5 Å². The Bertz CT molecular complexity index is 505. The average Bonchev–Trinajstić information content (AvgIpc) is 2.75. The Morgan fingerprint density at radius 3 is 2.44 bits per heavy atom. The molecule has 1 aromatic heterocycles. The van der Waals surface area contributed by atoms with E-state index in [1.807, 2.05) is 0 Å². The molecule has 2 rings (SSSR count). The second kappa shape index (κ2) is 4.78. The summed E-state index contributed by atoms with van der Waals surface area (Å²) in [5, 5.41) is 21.3. The maximum absolute atomic E-state index is 11.2. The van der Waals surface area contributed by atoms with Crippen molar-refractivity contribution in [1.82, 2.24) is 4.98 Å². The molecule has 0 aliphatic heterocycles. The van der Waals surface area contributed by atoms with E-state index < -0.39 is 5.75 Å². The smallest absolute Gasteiger partial charge is 0.229 e. The Hall–Kier alpha value is -1.17. The molecule has 0 aliphatic rings. The summed E-state index contributed by atoms with van der Waals surface area (Å²) in [6, 6.07) is 2.82. The molecule has 7 heteroatoms. The lowest BCUT2D eigenvalue weighted by molar-refractivity contribution is -0.268. The molecule has 0 radical (unpaired) electrons. The standard InChI is InChI=1S/C9H5Cl2N3OS/c10-6-3-5(4-7(11)8(6)15)13-14-9-12-1-2-16-9/h1-4,15H/p-1. The Morgan fingerprint density at radius 1 is 1.19 bits per heavy atom. The fourth-order valence-corrected chi connectivity index (χ4v) is 1.90. The normalized spacial score (nSPS) is 11.1. The van der Waals surface area contributed by atoms with Gasteiger partial charge in [-0.1, -0.05) is 29.0 Å². The first kappa shape index (κ1) is 11.3. The predicted molar refractivity (Wildman–Crippen MR) is 62.2 cm³/mol. The molecule has 0 atom stereocenters. The van der Waals surface area contributed by atoms with Gasteiger partial charge in [0.25, 0.3) is 0 Å². The molecule has 0 bridgehead atoms. The van der Waals surface area contributed by atoms with E-state index in [2.05, 4.69) is 15.2 Å². The molecule has 0 fully saturated rings. The van der Waals surface area contributed by atoms with Crippen molar-refractivity contribution in [2.24, 2.45) is 10.2 Å². The minimum Gasteiger partial charge on any atom is -0.870 e. The molecule has 0 unspecified atom stereocenters. The third-order valence-corrected chi connectivity index (χ3v) is 2.87. The fraction of sp³-hybridized carbons (Fsp3) is 0. The van der Waals surface area contributed by atoms with Gasteiger partial charge in [0.1, 0.15) is 0 Å². The van der Waals surface area contributed by atoms with Gasteiger partial charge in [-0.2, -0.15) is 0 Å². The molecule has 0 amide bonds. The number of rotatable bonds is 2. The number of aromatic nitrogens is 1. The van der Waals surface area contributed by atoms with Gasteiger partial charge in [-0.25, -0.2) is 4.98 Å². The Labute approximate surface area is 105 Å². The number of benzene rings is 1. The van der Waals surface area contributed by atoms with Crippen molar-refractivity contribution in [3.05, 3.63) is 33.8 Å². The van der Waals surface area contributed by atoms with Crippen molar-refractivity contribution >= 4 is 45.4 Å². The van der Waals surface area contributed by atoms with Crippen LogP contribution in [0, 0.1) is 0 Å². The molecule has 16 heavy (non-hydrogen) atoms. The molecule has 0 aliphatic carbocycles. The van der Waals surface area contributed by atoms with Gasteiger partial charge in [0.2, 0.25) is 5.13 Å². The van der Waals surface area contributed by atoms with Crippen LogP contribution in [-0.4, -0.2) is 4.98 Å². The molecule has 2 aromatic rings. The number of hydrogen-bond acceptors (Lipinski definition) is 5. The van der Waals surface area contributed by atoms with Gasteiger partial charge in [-0.05, 0) is 12.1 Å². The van der Waals surface area contributed by atoms with E-state index >= 15 is 0 Å². The quantitative estimate of drug-likeness (QED) is 0.778. The topological polar surface area (TPSA) is 60.7 Å². The maximum Gasteiger partial charge on any atom is 0.229 e. The molecular weight excluding hydrogens is 269 g/mol. The van der Waals surface area contributed by atoms with Crippen LogP contribution in [0.5, 0.6) is 5.75 Å². The van der Waals surface area contributed by atoms with Gasteiger partial charge >= 0.3 is 0 Å². The summed E-state index contributed by atoms with van der Waals surface area (Å²) in [4.78, 5) is 3.92. The number of nitrogens with zero attached hydrogens (tertiary/aromatic N) is 3. The van der Waals surface area contributed by atoms with Crippen LogP contribution in [0.4, 0.5) is 10.8 Å². The minimum absolute atomic E-state index is 0.0283. The van der Waals surface area contributed by atoms with Gasteiger partial charge in [-0.15, -0.1) is 21.6 Å². The van der Waals surface area contributed by atoms with E-state index in [1.54, 1.807) is 11.6 Å². The highest BCUT2D eigenvalue weighted by Crippen LogP contribution is 2.34. The fourth-order valence-electron chi connectivity index (χ4n) is 0.970. The van der Waals surface area contributed by atoms with Crippen LogP contribution in [0.2, 0.25) is 10.0 Å². The molecule has 0 saturated heterocycles. The largest absolute Gasteiger partial charge is 0.870 e. The van der Waals surface area contributed by atoms with Crippen molar-refractivity contribution in [1.29, 1.82) is 0 Å². The zero-order valence-electron chi connectivity index (χ0n) is 7.72. The SMILES string of the molecule is [O-]c1c(Cl)cc(N=Nc2nccs2)cc1Cl. The number of thiazole rings is 1. The molecule has 4 nitrogen and oxygen atoms in total. The molecule has 1 aromatic carbocycles. The summed E-state index contributed by atoms with van der Waals surface area (Å²) in [5.41, 5.74) is 0.421. The van der Waals surface area contributed by atoms with E-state index in [4.69, 9.17) is 23.2 Å². The van der Waals surface area contributed by atoms with Crippen molar-refractivity contribution in [2.45, 2.75) is 0 Å². The Balaban J connectivity index is 2.29. The van der Waals surface area contributed by atoms with Crippen LogP contribution in [-0.2, 0) is 0 Å². The highest BCUT2D eigenvalue weighted by atomic mass is 35.5. The lowest BCUT2D eigenvalue weighted by Gasteiger charge is -2.10. The summed E-state index contributed by atoms with van der Waals surface area (Å²) in [7, 11) is 0. The van der Waals surface area contributed by atoms with E-state index in [9.17, 15) is 5.11 Å². The zero-order chi connectivity index (χ0) is 11.5. The van der Waals surface area contributed by atoms with Crippen molar-refractivity contribution in [2.75, 3.05) is 0 Å². The summed E-state index contributed by atoms with van der Waals surface area (Å²) in [5.74, 6) is -0.406. The zero-order valence-corrected chi connectivity index (χ0v) is 10.1. The molecule has 1 heterocycles. The highest BCUT2D eigenvalue weighted by molar-refractivity contribution is 7.13. The first-order valence-corrected chi connectivity index (χ1v) is 5.77. The van der Waals surface area contributed by atoms with Gasteiger partial charge in [0.05, 0.1) is 5.69 Å². The number of hydrogen-bond donors (Lipinski definition) is 0. The summed E-state index contributed by atoms with van der Waals surface area (Å²) in [6.45, 7) is 0. The van der Waals surface area contributed by atoms with Gasteiger partial charge in [0.15, 0.2) is 0 Å². The van der Waals surface area contributed by atoms with E-state index in [0.717, 1.165) is 0 Å². The number of halogens is 2. The first-order valence-electron chi connectivity index (χ1n) is 4.14. The van der Waals surface area contributed by atoms with Gasteiger partial charge in [0, 0.05) is 21.6 Å². The van der Waals surface area contributed by atoms with E-state index in [-0.39, 0.29) is 10.0 Å². The molecule has 0 saturated carbocycles. The maximum atomic E-state index is 11.2. The van der Waals surface area contributed by atoms with Crippen LogP contribution in [0.1, 0.15) is 0 Å². The lowest BCUT2D eigenvalue weighted by atomic mass is 10.3. The second-order valence-corrected chi connectivity index (χ2v) is 4.44. The first-order chi connectivity index (χ1) is 7.66. The van der Waals surface area contributed by atoms with Crippen LogP contribution in [0.15, 0.2) is 33.9 Å². The Morgan fingerprint density at radius 2 is 1.88 bits per heavy atom. The number of azo groups is 1. The molecule has 0 N–H and O–H groups in total. The minimum atomic E-state index is -0.406. The van der Waals surface area contributed by atoms with Crippen LogP contribution in [0.3, 0.4) is 0 Å². The molecule has 0 spiro atoms. The van der Waals surface area contributed by atoms with Crippen LogP contribution in [0.25, 0.3) is 0 Å².